The highest BCUT2D eigenvalue weighted by atomic mass is 16.2. The Bertz CT molecular complexity index is 435. The number of nitrogens with zero attached hydrogens (tertiary/aromatic N) is 1. The maximum Gasteiger partial charge on any atom is 0.253 e. The fourth-order valence-corrected chi connectivity index (χ4v) is 2.15. The normalized spacial score (nSPS) is 13.2. The van der Waals surface area contributed by atoms with Crippen LogP contribution in [0, 0.1) is 5.92 Å². The summed E-state index contributed by atoms with van der Waals surface area (Å²) < 4.78 is 0. The van der Waals surface area contributed by atoms with Crippen molar-refractivity contribution >= 4 is 5.91 Å². The van der Waals surface area contributed by atoms with Crippen LogP contribution in [0.5, 0.6) is 0 Å². The lowest BCUT2D eigenvalue weighted by molar-refractivity contribution is 0.0775. The first kappa shape index (κ1) is 15.7. The molecule has 1 aromatic rings. The van der Waals surface area contributed by atoms with E-state index in [9.17, 15) is 4.79 Å². The third-order valence-electron chi connectivity index (χ3n) is 3.30. The smallest absolute Gasteiger partial charge is 0.253 e. The summed E-state index contributed by atoms with van der Waals surface area (Å²) >= 11 is 0. The van der Waals surface area contributed by atoms with E-state index in [1.807, 2.05) is 31.3 Å². The highest BCUT2D eigenvalue weighted by Gasteiger charge is 2.23. The number of hydrogen-bond acceptors (Lipinski definition) is 2. The van der Waals surface area contributed by atoms with Crippen LogP contribution in [0.1, 0.15) is 43.6 Å². The number of benzene rings is 1. The summed E-state index contributed by atoms with van der Waals surface area (Å²) in [7, 11) is 1.84. The second kappa shape index (κ2) is 6.20. The van der Waals surface area contributed by atoms with Crippen LogP contribution in [0.4, 0.5) is 0 Å². The predicted molar refractivity (Wildman–Crippen MR) is 80.3 cm³/mol. The third kappa shape index (κ3) is 4.06. The molecule has 2 N–H and O–H groups in total. The van der Waals surface area contributed by atoms with Gasteiger partial charge in [-0.1, -0.05) is 45.9 Å². The molecular weight excluding hydrogens is 236 g/mol. The first-order valence-corrected chi connectivity index (χ1v) is 6.82. The summed E-state index contributed by atoms with van der Waals surface area (Å²) in [6.07, 6.45) is 0. The Morgan fingerprint density at radius 1 is 1.32 bits per heavy atom. The van der Waals surface area contributed by atoms with E-state index in [0.717, 1.165) is 11.1 Å². The molecule has 0 radical (unpaired) electrons. The van der Waals surface area contributed by atoms with Crippen molar-refractivity contribution in [1.29, 1.82) is 0 Å². The van der Waals surface area contributed by atoms with Crippen LogP contribution in [0.15, 0.2) is 24.3 Å². The summed E-state index contributed by atoms with van der Waals surface area (Å²) in [5.41, 5.74) is 7.47. The molecule has 1 rings (SSSR count). The topological polar surface area (TPSA) is 46.3 Å². The third-order valence-corrected chi connectivity index (χ3v) is 3.30. The van der Waals surface area contributed by atoms with Crippen LogP contribution in [-0.2, 0) is 5.41 Å². The van der Waals surface area contributed by atoms with E-state index in [1.54, 1.807) is 4.90 Å². The van der Waals surface area contributed by atoms with Gasteiger partial charge in [0, 0.05) is 19.2 Å². The van der Waals surface area contributed by atoms with Gasteiger partial charge in [0.1, 0.15) is 0 Å². The van der Waals surface area contributed by atoms with Gasteiger partial charge in [-0.2, -0.15) is 0 Å². The second-order valence-corrected chi connectivity index (χ2v) is 6.32. The molecule has 3 heteroatoms. The fourth-order valence-electron chi connectivity index (χ4n) is 2.15. The Hall–Kier alpha value is -1.35. The Kier molecular flexibility index (Phi) is 5.12. The van der Waals surface area contributed by atoms with Crippen molar-refractivity contribution in [2.75, 3.05) is 20.1 Å². The van der Waals surface area contributed by atoms with Gasteiger partial charge in [-0.25, -0.2) is 0 Å². The molecule has 0 aliphatic heterocycles. The summed E-state index contributed by atoms with van der Waals surface area (Å²) in [4.78, 5) is 14.3. The lowest BCUT2D eigenvalue weighted by atomic mass is 9.83. The zero-order chi connectivity index (χ0) is 14.6. The van der Waals surface area contributed by atoms with Gasteiger partial charge in [-0.3, -0.25) is 4.79 Å². The molecule has 1 atom stereocenters. The Morgan fingerprint density at radius 3 is 2.42 bits per heavy atom. The molecular formula is C16H26N2O. The minimum Gasteiger partial charge on any atom is -0.341 e. The Morgan fingerprint density at radius 2 is 1.89 bits per heavy atom. The molecule has 0 spiro atoms. The van der Waals surface area contributed by atoms with Crippen LogP contribution in [-0.4, -0.2) is 30.9 Å². The molecule has 19 heavy (non-hydrogen) atoms. The van der Waals surface area contributed by atoms with E-state index in [2.05, 4.69) is 27.7 Å². The number of nitrogens with two attached hydrogens (primary N) is 1. The summed E-state index contributed by atoms with van der Waals surface area (Å²) in [6, 6.07) is 7.85. The SMILES string of the molecule is CC(CN)CN(C)C(=O)c1ccccc1C(C)(C)C. The van der Waals surface area contributed by atoms with E-state index < -0.39 is 0 Å². The maximum absolute atomic E-state index is 12.5. The van der Waals surface area contributed by atoms with Gasteiger partial charge in [0.2, 0.25) is 0 Å². The number of carbonyl (C=O) groups is 1. The standard InChI is InChI=1S/C16H26N2O/c1-12(10-17)11-18(5)15(19)13-8-6-7-9-14(13)16(2,3)4/h6-9,12H,10-11,17H2,1-5H3. The molecule has 0 fully saturated rings. The van der Waals surface area contributed by atoms with Crippen molar-refractivity contribution in [2.45, 2.75) is 33.1 Å². The van der Waals surface area contributed by atoms with Gasteiger partial charge in [-0.15, -0.1) is 0 Å². The quantitative estimate of drug-likeness (QED) is 0.906. The minimum absolute atomic E-state index is 0.0351. The first-order valence-electron chi connectivity index (χ1n) is 6.82. The average Bonchev–Trinajstić information content (AvgIpc) is 2.36. The van der Waals surface area contributed by atoms with Gasteiger partial charge in [0.15, 0.2) is 0 Å². The fraction of sp³-hybridized carbons (Fsp3) is 0.562. The van der Waals surface area contributed by atoms with Crippen LogP contribution < -0.4 is 5.73 Å². The zero-order valence-electron chi connectivity index (χ0n) is 12.7. The molecule has 0 heterocycles. The summed E-state index contributed by atoms with van der Waals surface area (Å²) in [5.74, 6) is 0.390. The van der Waals surface area contributed by atoms with Crippen molar-refractivity contribution in [3.63, 3.8) is 0 Å². The highest BCUT2D eigenvalue weighted by molar-refractivity contribution is 5.95. The molecule has 0 aromatic heterocycles. The molecule has 0 aliphatic carbocycles. The first-order chi connectivity index (χ1) is 8.77. The van der Waals surface area contributed by atoms with Gasteiger partial charge < -0.3 is 10.6 Å². The van der Waals surface area contributed by atoms with Crippen LogP contribution in [0.3, 0.4) is 0 Å². The van der Waals surface area contributed by atoms with Crippen molar-refractivity contribution < 1.29 is 4.79 Å². The number of rotatable bonds is 4. The predicted octanol–water partition coefficient (Wildman–Crippen LogP) is 2.65. The van der Waals surface area contributed by atoms with Crippen molar-refractivity contribution in [3.05, 3.63) is 35.4 Å². The zero-order valence-corrected chi connectivity index (χ0v) is 12.7. The van der Waals surface area contributed by atoms with Crippen molar-refractivity contribution in [1.82, 2.24) is 4.90 Å². The lowest BCUT2D eigenvalue weighted by Gasteiger charge is -2.26. The van der Waals surface area contributed by atoms with Crippen molar-refractivity contribution in [2.24, 2.45) is 11.7 Å². The number of hydrogen-bond donors (Lipinski definition) is 1. The van der Waals surface area contributed by atoms with Crippen LogP contribution >= 0.6 is 0 Å². The van der Waals surface area contributed by atoms with Crippen LogP contribution in [0.25, 0.3) is 0 Å². The maximum atomic E-state index is 12.5. The monoisotopic (exact) mass is 262 g/mol. The number of carbonyl (C=O) groups excluding carboxylic acids is 1. The van der Waals surface area contributed by atoms with Gasteiger partial charge in [-0.05, 0) is 29.5 Å². The number of amides is 1. The molecule has 0 saturated heterocycles. The molecule has 1 unspecified atom stereocenters. The van der Waals surface area contributed by atoms with E-state index in [-0.39, 0.29) is 11.3 Å². The molecule has 3 nitrogen and oxygen atoms in total. The summed E-state index contributed by atoms with van der Waals surface area (Å²) in [5, 5.41) is 0. The van der Waals surface area contributed by atoms with E-state index in [1.165, 1.54) is 0 Å². The van der Waals surface area contributed by atoms with Crippen molar-refractivity contribution in [3.8, 4) is 0 Å². The molecule has 106 valence electrons. The summed E-state index contributed by atoms with van der Waals surface area (Å²) in [6.45, 7) is 9.72. The van der Waals surface area contributed by atoms with Gasteiger partial charge in [0.25, 0.3) is 5.91 Å². The van der Waals surface area contributed by atoms with E-state index in [4.69, 9.17) is 5.73 Å². The molecule has 1 amide bonds. The second-order valence-electron chi connectivity index (χ2n) is 6.32. The molecule has 1 aromatic carbocycles. The molecule has 0 aliphatic rings. The largest absolute Gasteiger partial charge is 0.341 e. The van der Waals surface area contributed by atoms with Gasteiger partial charge >= 0.3 is 0 Å². The van der Waals surface area contributed by atoms with E-state index in [0.29, 0.717) is 19.0 Å². The van der Waals surface area contributed by atoms with E-state index >= 15 is 0 Å². The lowest BCUT2D eigenvalue weighted by Crippen LogP contribution is -2.34. The molecule has 0 bridgehead atoms. The Labute approximate surface area is 116 Å². The minimum atomic E-state index is -0.0351. The molecule has 0 saturated carbocycles. The highest BCUT2D eigenvalue weighted by Crippen LogP contribution is 2.26. The van der Waals surface area contributed by atoms with Gasteiger partial charge in [0.05, 0.1) is 0 Å². The van der Waals surface area contributed by atoms with Crippen LogP contribution in [0.2, 0.25) is 0 Å². The Balaban J connectivity index is 3.00. The average molecular weight is 262 g/mol.